The second kappa shape index (κ2) is 14.3. The molecule has 1 aliphatic carbocycles. The molecule has 4 aromatic rings. The molecule has 0 heterocycles. The zero-order valence-electron chi connectivity index (χ0n) is 24.4. The lowest BCUT2D eigenvalue weighted by atomic mass is 9.88. The van der Waals surface area contributed by atoms with Crippen molar-refractivity contribution in [2.75, 3.05) is 5.32 Å². The first kappa shape index (κ1) is 28.2. The Morgan fingerprint density at radius 2 is 1.39 bits per heavy atom. The summed E-state index contributed by atoms with van der Waals surface area (Å²) < 4.78 is 0. The van der Waals surface area contributed by atoms with Gasteiger partial charge in [-0.3, -0.25) is 0 Å². The van der Waals surface area contributed by atoms with Gasteiger partial charge in [0, 0.05) is 17.3 Å². The maximum atomic E-state index is 3.55. The highest BCUT2D eigenvalue weighted by Gasteiger charge is 2.12. The molecule has 0 saturated heterocycles. The first-order valence-corrected chi connectivity index (χ1v) is 15.1. The monoisotopic (exact) mass is 535 g/mol. The molecule has 0 saturated carbocycles. The fourth-order valence-corrected chi connectivity index (χ4v) is 5.56. The standard InChI is InChI=1S/C40H41N/c1-3-13-36(33-23-21-32(22-24-33)31-15-7-5-8-16-31)29-37(14-4-2)34-25-27-35(28-26-34)38-17-11-12-20-40(30-38)41-39-18-9-6-10-19-39/h5-10,12,15-30,36,41H,3-4,11,13-14H2,1-2H3/b37-29+. The van der Waals surface area contributed by atoms with Crippen molar-refractivity contribution in [3.05, 3.63) is 162 Å². The lowest BCUT2D eigenvalue weighted by molar-refractivity contribution is 0.716. The zero-order valence-corrected chi connectivity index (χ0v) is 24.4. The molecule has 0 amide bonds. The van der Waals surface area contributed by atoms with Crippen LogP contribution in [0.15, 0.2) is 145 Å². The maximum absolute atomic E-state index is 3.55. The number of anilines is 1. The number of hydrogen-bond donors (Lipinski definition) is 1. The molecule has 0 spiro atoms. The van der Waals surface area contributed by atoms with Crippen LogP contribution in [0.25, 0.3) is 22.3 Å². The van der Waals surface area contributed by atoms with Crippen LogP contribution < -0.4 is 5.32 Å². The van der Waals surface area contributed by atoms with E-state index in [0.717, 1.165) is 43.5 Å². The Hall–Kier alpha value is -4.36. The fourth-order valence-electron chi connectivity index (χ4n) is 5.56. The van der Waals surface area contributed by atoms with Crippen LogP contribution >= 0.6 is 0 Å². The first-order valence-electron chi connectivity index (χ1n) is 15.1. The van der Waals surface area contributed by atoms with Gasteiger partial charge < -0.3 is 5.32 Å². The highest BCUT2D eigenvalue weighted by molar-refractivity contribution is 5.78. The van der Waals surface area contributed by atoms with Crippen molar-refractivity contribution in [1.82, 2.24) is 0 Å². The Balaban J connectivity index is 1.37. The summed E-state index contributed by atoms with van der Waals surface area (Å²) in [4.78, 5) is 0. The van der Waals surface area contributed by atoms with Crippen LogP contribution in [0.4, 0.5) is 5.69 Å². The maximum Gasteiger partial charge on any atom is 0.0387 e. The summed E-state index contributed by atoms with van der Waals surface area (Å²) in [5.41, 5.74) is 11.4. The van der Waals surface area contributed by atoms with Crippen LogP contribution in [0.5, 0.6) is 0 Å². The van der Waals surface area contributed by atoms with E-state index < -0.39 is 0 Å². The van der Waals surface area contributed by atoms with E-state index in [9.17, 15) is 0 Å². The summed E-state index contributed by atoms with van der Waals surface area (Å²) in [5.74, 6) is 0.413. The molecule has 1 atom stereocenters. The molecule has 1 nitrogen and oxygen atoms in total. The number of para-hydroxylation sites is 1. The number of nitrogens with one attached hydrogen (secondary N) is 1. The molecule has 0 fully saturated rings. The van der Waals surface area contributed by atoms with E-state index in [0.29, 0.717) is 5.92 Å². The van der Waals surface area contributed by atoms with Crippen molar-refractivity contribution in [3.8, 4) is 11.1 Å². The number of benzene rings is 4. The molecular weight excluding hydrogens is 494 g/mol. The zero-order chi connectivity index (χ0) is 28.3. The molecular formula is C40H41N. The third-order valence-electron chi connectivity index (χ3n) is 7.70. The van der Waals surface area contributed by atoms with Gasteiger partial charge in [0.05, 0.1) is 0 Å². The minimum Gasteiger partial charge on any atom is -0.356 e. The van der Waals surface area contributed by atoms with Gasteiger partial charge in [0.2, 0.25) is 0 Å². The van der Waals surface area contributed by atoms with Gasteiger partial charge in [-0.15, -0.1) is 0 Å². The van der Waals surface area contributed by atoms with E-state index in [1.165, 1.54) is 39.0 Å². The SMILES string of the molecule is CCC/C(=C\C(CCC)c1ccc(-c2ccccc2)cc1)c1ccc(C2=CCC=CC(Nc3ccccc3)=C2)cc1. The van der Waals surface area contributed by atoms with Crippen LogP contribution in [0.3, 0.4) is 0 Å². The Kier molecular flexibility index (Phi) is 9.84. The van der Waals surface area contributed by atoms with Gasteiger partial charge in [-0.25, -0.2) is 0 Å². The third-order valence-corrected chi connectivity index (χ3v) is 7.70. The smallest absolute Gasteiger partial charge is 0.0387 e. The summed E-state index contributed by atoms with van der Waals surface area (Å²) >= 11 is 0. The fraction of sp³-hybridized carbons (Fsp3) is 0.200. The summed E-state index contributed by atoms with van der Waals surface area (Å²) in [6.07, 6.45) is 16.9. The van der Waals surface area contributed by atoms with Gasteiger partial charge in [0.25, 0.3) is 0 Å². The molecule has 0 aliphatic heterocycles. The minimum absolute atomic E-state index is 0.413. The van der Waals surface area contributed by atoms with Crippen molar-refractivity contribution in [2.24, 2.45) is 0 Å². The van der Waals surface area contributed by atoms with E-state index in [1.54, 1.807) is 0 Å². The van der Waals surface area contributed by atoms with E-state index >= 15 is 0 Å². The lowest BCUT2D eigenvalue weighted by Gasteiger charge is -2.17. The highest BCUT2D eigenvalue weighted by atomic mass is 14.9. The normalized spacial score (nSPS) is 14.1. The van der Waals surface area contributed by atoms with Crippen LogP contribution in [-0.4, -0.2) is 0 Å². The van der Waals surface area contributed by atoms with Crippen molar-refractivity contribution >= 4 is 16.8 Å². The van der Waals surface area contributed by atoms with E-state index in [4.69, 9.17) is 0 Å². The Bertz CT molecular complexity index is 1500. The molecule has 1 N–H and O–H groups in total. The van der Waals surface area contributed by atoms with Crippen molar-refractivity contribution < 1.29 is 0 Å². The molecule has 1 unspecified atom stereocenters. The second-order valence-corrected chi connectivity index (χ2v) is 10.8. The average molecular weight is 536 g/mol. The molecule has 0 aromatic heterocycles. The van der Waals surface area contributed by atoms with Gasteiger partial charge in [0.15, 0.2) is 0 Å². The highest BCUT2D eigenvalue weighted by Crippen LogP contribution is 2.32. The van der Waals surface area contributed by atoms with Gasteiger partial charge in [-0.2, -0.15) is 0 Å². The summed E-state index contributed by atoms with van der Waals surface area (Å²) in [7, 11) is 0. The van der Waals surface area contributed by atoms with Crippen molar-refractivity contribution in [2.45, 2.75) is 51.9 Å². The van der Waals surface area contributed by atoms with Crippen LogP contribution in [0.2, 0.25) is 0 Å². The molecule has 0 radical (unpaired) electrons. The van der Waals surface area contributed by atoms with Crippen molar-refractivity contribution in [1.29, 1.82) is 0 Å². The summed E-state index contributed by atoms with van der Waals surface area (Å²) in [6, 6.07) is 39.4. The van der Waals surface area contributed by atoms with Gasteiger partial charge >= 0.3 is 0 Å². The topological polar surface area (TPSA) is 12.0 Å². The number of allylic oxidation sites excluding steroid dienone is 7. The Labute approximate surface area is 246 Å². The predicted octanol–water partition coefficient (Wildman–Crippen LogP) is 11.5. The molecule has 4 aromatic carbocycles. The van der Waals surface area contributed by atoms with Gasteiger partial charge in [-0.1, -0.05) is 142 Å². The summed E-state index contributed by atoms with van der Waals surface area (Å²) in [5, 5.41) is 3.55. The van der Waals surface area contributed by atoms with E-state index in [1.807, 2.05) is 6.07 Å². The number of rotatable bonds is 11. The summed E-state index contributed by atoms with van der Waals surface area (Å²) in [6.45, 7) is 4.57. The second-order valence-electron chi connectivity index (χ2n) is 10.8. The van der Waals surface area contributed by atoms with Gasteiger partial charge in [-0.05, 0) is 82.5 Å². The minimum atomic E-state index is 0.413. The largest absolute Gasteiger partial charge is 0.356 e. The van der Waals surface area contributed by atoms with Crippen molar-refractivity contribution in [3.63, 3.8) is 0 Å². The first-order chi connectivity index (χ1) is 20.2. The molecule has 0 bridgehead atoms. The molecule has 41 heavy (non-hydrogen) atoms. The van der Waals surface area contributed by atoms with Crippen LogP contribution in [0, 0.1) is 0 Å². The average Bonchev–Trinajstić information content (AvgIpc) is 3.27. The lowest BCUT2D eigenvalue weighted by Crippen LogP contribution is -1.98. The molecule has 5 rings (SSSR count). The Morgan fingerprint density at radius 3 is 2.07 bits per heavy atom. The molecule has 1 aliphatic rings. The van der Waals surface area contributed by atoms with Crippen LogP contribution in [0.1, 0.15) is 68.6 Å². The van der Waals surface area contributed by atoms with Gasteiger partial charge in [0.1, 0.15) is 0 Å². The number of hydrogen-bond acceptors (Lipinski definition) is 1. The third kappa shape index (κ3) is 7.64. The quantitative estimate of drug-likeness (QED) is 0.201. The van der Waals surface area contributed by atoms with E-state index in [-0.39, 0.29) is 0 Å². The van der Waals surface area contributed by atoms with Crippen LogP contribution in [-0.2, 0) is 0 Å². The molecule has 1 heteroatoms. The Morgan fingerprint density at radius 1 is 0.732 bits per heavy atom. The van der Waals surface area contributed by atoms with E-state index in [2.05, 4.69) is 153 Å². The predicted molar refractivity (Wildman–Crippen MR) is 179 cm³/mol. The molecule has 206 valence electrons.